The molecule has 9 nitrogen and oxygen atoms in total. The SMILES string of the molecule is CN1CCCCN(C)c2ccc(cn2)-c2ccnc(n2)Nc2cccc(c2)CN2CCN(CC2)CC1=O. The van der Waals surface area contributed by atoms with Crippen molar-refractivity contribution >= 4 is 23.4 Å². The number of pyridine rings is 1. The molecular formula is C28H36N8O. The Balaban J connectivity index is 1.36. The molecule has 8 bridgehead atoms. The van der Waals surface area contributed by atoms with Gasteiger partial charge in [0.05, 0.1) is 12.2 Å². The molecule has 0 atom stereocenters. The van der Waals surface area contributed by atoms with Crippen molar-refractivity contribution in [2.75, 3.05) is 70.1 Å². The average molecular weight is 501 g/mol. The number of hydrogen-bond donors (Lipinski definition) is 1. The standard InChI is InChI=1S/C28H36N8O/c1-33-12-3-4-13-34(2)27(37)21-36-16-14-35(15-17-36)20-22-6-5-7-24(18-22)31-28-29-11-10-25(32-28)23-8-9-26(33)30-19-23/h5-11,18-19H,3-4,12-17,20-21H2,1-2H3,(H,29,31,32). The van der Waals surface area contributed by atoms with Gasteiger partial charge in [-0.3, -0.25) is 14.6 Å². The maximum Gasteiger partial charge on any atom is 0.236 e. The number of nitrogens with one attached hydrogen (secondary N) is 1. The summed E-state index contributed by atoms with van der Waals surface area (Å²) in [4.78, 5) is 35.4. The Morgan fingerprint density at radius 2 is 1.57 bits per heavy atom. The summed E-state index contributed by atoms with van der Waals surface area (Å²) in [6.07, 6.45) is 5.60. The Hall–Kier alpha value is -3.56. The molecule has 1 fully saturated rings. The Kier molecular flexibility index (Phi) is 7.91. The van der Waals surface area contributed by atoms with Crippen molar-refractivity contribution in [3.63, 3.8) is 0 Å². The van der Waals surface area contributed by atoms with Crippen LogP contribution in [-0.2, 0) is 11.3 Å². The molecule has 0 saturated carbocycles. The first-order chi connectivity index (χ1) is 18.0. The van der Waals surface area contributed by atoms with E-state index in [1.54, 1.807) is 6.20 Å². The number of amides is 1. The van der Waals surface area contributed by atoms with Crippen LogP contribution in [0.4, 0.5) is 17.5 Å². The largest absolute Gasteiger partial charge is 0.360 e. The summed E-state index contributed by atoms with van der Waals surface area (Å²) >= 11 is 0. The Bertz CT molecular complexity index is 1190. The van der Waals surface area contributed by atoms with Gasteiger partial charge < -0.3 is 15.1 Å². The minimum Gasteiger partial charge on any atom is -0.360 e. The van der Waals surface area contributed by atoms with Gasteiger partial charge in [-0.05, 0) is 48.7 Å². The van der Waals surface area contributed by atoms with Gasteiger partial charge in [0.25, 0.3) is 0 Å². The third-order valence-electron chi connectivity index (χ3n) is 7.17. The third-order valence-corrected chi connectivity index (χ3v) is 7.17. The van der Waals surface area contributed by atoms with Crippen LogP contribution in [0.25, 0.3) is 11.3 Å². The summed E-state index contributed by atoms with van der Waals surface area (Å²) in [6.45, 7) is 6.78. The van der Waals surface area contributed by atoms with Gasteiger partial charge in [0.15, 0.2) is 0 Å². The molecule has 9 heteroatoms. The first kappa shape index (κ1) is 25.1. The van der Waals surface area contributed by atoms with Crippen molar-refractivity contribution < 1.29 is 4.79 Å². The van der Waals surface area contributed by atoms with Crippen LogP contribution in [-0.4, -0.2) is 95.5 Å². The lowest BCUT2D eigenvalue weighted by atomic mass is 10.1. The van der Waals surface area contributed by atoms with E-state index in [0.29, 0.717) is 12.5 Å². The van der Waals surface area contributed by atoms with E-state index >= 15 is 0 Å². The molecule has 0 spiro atoms. The number of carbonyl (C=O) groups is 1. The van der Waals surface area contributed by atoms with E-state index in [9.17, 15) is 4.79 Å². The lowest BCUT2D eigenvalue weighted by molar-refractivity contribution is -0.131. The van der Waals surface area contributed by atoms with Crippen LogP contribution in [0.3, 0.4) is 0 Å². The second kappa shape index (κ2) is 11.7. The van der Waals surface area contributed by atoms with Gasteiger partial charge in [0, 0.05) is 83.6 Å². The molecule has 7 heterocycles. The Labute approximate surface area is 219 Å². The van der Waals surface area contributed by atoms with Gasteiger partial charge in [-0.1, -0.05) is 12.1 Å². The second-order valence-corrected chi connectivity index (χ2v) is 9.99. The molecule has 0 radical (unpaired) electrons. The van der Waals surface area contributed by atoms with Crippen molar-refractivity contribution in [1.82, 2.24) is 29.7 Å². The lowest BCUT2D eigenvalue weighted by Crippen LogP contribution is -2.49. The number of anilines is 3. The molecule has 0 unspecified atom stereocenters. The van der Waals surface area contributed by atoms with E-state index < -0.39 is 0 Å². The average Bonchev–Trinajstić information content (AvgIpc) is 2.92. The first-order valence-electron chi connectivity index (χ1n) is 13.1. The van der Waals surface area contributed by atoms with E-state index in [1.807, 2.05) is 36.3 Å². The maximum atomic E-state index is 12.8. The second-order valence-electron chi connectivity index (χ2n) is 9.99. The van der Waals surface area contributed by atoms with Crippen LogP contribution < -0.4 is 10.2 Å². The van der Waals surface area contributed by atoms with E-state index in [-0.39, 0.29) is 5.91 Å². The number of hydrogen-bond acceptors (Lipinski definition) is 8. The highest BCUT2D eigenvalue weighted by atomic mass is 16.2. The summed E-state index contributed by atoms with van der Waals surface area (Å²) in [6, 6.07) is 14.4. The predicted molar refractivity (Wildman–Crippen MR) is 147 cm³/mol. The van der Waals surface area contributed by atoms with Gasteiger partial charge in [-0.2, -0.15) is 0 Å². The highest BCUT2D eigenvalue weighted by Crippen LogP contribution is 2.22. The zero-order chi connectivity index (χ0) is 25.6. The molecule has 37 heavy (non-hydrogen) atoms. The number of nitrogens with zero attached hydrogens (tertiary/aromatic N) is 7. The van der Waals surface area contributed by atoms with Gasteiger partial charge in [-0.15, -0.1) is 0 Å². The van der Waals surface area contributed by atoms with Crippen LogP contribution >= 0.6 is 0 Å². The molecule has 5 aliphatic rings. The first-order valence-corrected chi connectivity index (χ1v) is 13.1. The molecule has 1 aromatic carbocycles. The smallest absolute Gasteiger partial charge is 0.236 e. The van der Waals surface area contributed by atoms with Gasteiger partial charge in [0.1, 0.15) is 5.82 Å². The van der Waals surface area contributed by atoms with E-state index in [1.165, 1.54) is 5.56 Å². The highest BCUT2D eigenvalue weighted by Gasteiger charge is 2.20. The van der Waals surface area contributed by atoms with E-state index in [4.69, 9.17) is 4.98 Å². The van der Waals surface area contributed by atoms with E-state index in [2.05, 4.69) is 61.3 Å². The summed E-state index contributed by atoms with van der Waals surface area (Å²) < 4.78 is 0. The molecule has 1 saturated heterocycles. The molecule has 3 aromatic rings. The molecule has 5 aliphatic heterocycles. The number of piperazine rings is 1. The number of rotatable bonds is 0. The number of benzene rings is 1. The van der Waals surface area contributed by atoms with Crippen molar-refractivity contribution in [3.05, 3.63) is 60.4 Å². The minimum absolute atomic E-state index is 0.206. The molecule has 1 amide bonds. The van der Waals surface area contributed by atoms with Crippen molar-refractivity contribution in [3.8, 4) is 11.3 Å². The number of aromatic nitrogens is 3. The molecule has 8 rings (SSSR count). The zero-order valence-electron chi connectivity index (χ0n) is 21.8. The van der Waals surface area contributed by atoms with Crippen LogP contribution in [0.5, 0.6) is 0 Å². The third kappa shape index (κ3) is 6.61. The molecule has 1 N–H and O–H groups in total. The van der Waals surface area contributed by atoms with Crippen molar-refractivity contribution in [2.24, 2.45) is 0 Å². The lowest BCUT2D eigenvalue weighted by Gasteiger charge is -2.35. The van der Waals surface area contributed by atoms with Crippen LogP contribution in [0, 0.1) is 0 Å². The normalized spacial score (nSPS) is 21.4. The van der Waals surface area contributed by atoms with Gasteiger partial charge in [-0.25, -0.2) is 15.0 Å². The van der Waals surface area contributed by atoms with Crippen LogP contribution in [0.15, 0.2) is 54.9 Å². The van der Waals surface area contributed by atoms with Gasteiger partial charge in [0.2, 0.25) is 11.9 Å². The number of carbonyl (C=O) groups excluding carboxylic acids is 1. The number of likely N-dealkylation sites (N-methyl/N-ethyl adjacent to an activating group) is 1. The Morgan fingerprint density at radius 1 is 0.811 bits per heavy atom. The van der Waals surface area contributed by atoms with Crippen molar-refractivity contribution in [1.29, 1.82) is 0 Å². The summed E-state index contributed by atoms with van der Waals surface area (Å²) in [5, 5.41) is 3.36. The summed E-state index contributed by atoms with van der Waals surface area (Å²) in [5.41, 5.74) is 3.98. The minimum atomic E-state index is 0.206. The fourth-order valence-corrected chi connectivity index (χ4v) is 4.83. The predicted octanol–water partition coefficient (Wildman–Crippen LogP) is 3.09. The fraction of sp³-hybridized carbons (Fsp3) is 0.429. The quantitative estimate of drug-likeness (QED) is 0.505. The maximum absolute atomic E-state index is 12.8. The highest BCUT2D eigenvalue weighted by molar-refractivity contribution is 5.78. The molecule has 0 aliphatic carbocycles. The fourth-order valence-electron chi connectivity index (χ4n) is 4.83. The molecule has 194 valence electrons. The van der Waals surface area contributed by atoms with E-state index in [0.717, 1.165) is 81.4 Å². The molecule has 2 aromatic heterocycles. The zero-order valence-corrected chi connectivity index (χ0v) is 21.8. The molecular weight excluding hydrogens is 464 g/mol. The Morgan fingerprint density at radius 3 is 2.32 bits per heavy atom. The van der Waals surface area contributed by atoms with Crippen LogP contribution in [0.2, 0.25) is 0 Å². The monoisotopic (exact) mass is 500 g/mol. The van der Waals surface area contributed by atoms with Gasteiger partial charge >= 0.3 is 0 Å². The van der Waals surface area contributed by atoms with Crippen LogP contribution in [0.1, 0.15) is 18.4 Å². The summed E-state index contributed by atoms with van der Waals surface area (Å²) in [5.74, 6) is 1.69. The summed E-state index contributed by atoms with van der Waals surface area (Å²) in [7, 11) is 3.98. The van der Waals surface area contributed by atoms with Crippen molar-refractivity contribution in [2.45, 2.75) is 19.4 Å². The topological polar surface area (TPSA) is 80.7 Å².